The van der Waals surface area contributed by atoms with Crippen molar-refractivity contribution in [2.45, 2.75) is 24.8 Å². The Morgan fingerprint density at radius 3 is 2.72 bits per heavy atom. The van der Waals surface area contributed by atoms with Gasteiger partial charge >= 0.3 is 0 Å². The van der Waals surface area contributed by atoms with Gasteiger partial charge in [-0.3, -0.25) is 5.43 Å². The zero-order valence-electron chi connectivity index (χ0n) is 10.1. The molecule has 0 aromatic heterocycles. The Morgan fingerprint density at radius 1 is 1.28 bits per heavy atom. The van der Waals surface area contributed by atoms with Crippen molar-refractivity contribution in [1.82, 2.24) is 10.9 Å². The highest BCUT2D eigenvalue weighted by atomic mass is 32.1. The maximum absolute atomic E-state index is 5.27. The highest BCUT2D eigenvalue weighted by Crippen LogP contribution is 2.41. The van der Waals surface area contributed by atoms with Crippen LogP contribution < -0.4 is 16.2 Å². The predicted octanol–water partition coefficient (Wildman–Crippen LogP) is 2.59. The molecule has 1 fully saturated rings. The second-order valence-corrected chi connectivity index (χ2v) is 5.50. The number of hydrogen-bond acceptors (Lipinski definition) is 2. The molecule has 0 amide bonds. The van der Waals surface area contributed by atoms with Gasteiger partial charge in [-0.05, 0) is 49.5 Å². The number of benzene rings is 1. The number of rotatable bonds is 3. The molecule has 0 aliphatic heterocycles. The fourth-order valence-corrected chi connectivity index (χ4v) is 2.94. The molecule has 2 unspecified atom stereocenters. The van der Waals surface area contributed by atoms with Crippen LogP contribution >= 0.6 is 12.2 Å². The van der Waals surface area contributed by atoms with E-state index in [0.29, 0.717) is 5.11 Å². The Balaban J connectivity index is 1.52. The lowest BCUT2D eigenvalue weighted by Crippen LogP contribution is -2.52. The SMILES string of the molecule is S=C(NNC12C=CC(CC1)C2)Nc1ccccc1. The van der Waals surface area contributed by atoms with E-state index in [-0.39, 0.29) is 5.54 Å². The van der Waals surface area contributed by atoms with Gasteiger partial charge in [-0.2, -0.15) is 0 Å². The first kappa shape index (κ1) is 11.7. The molecule has 1 saturated carbocycles. The predicted molar refractivity (Wildman–Crippen MR) is 78.1 cm³/mol. The third kappa shape index (κ3) is 2.40. The monoisotopic (exact) mass is 259 g/mol. The molecule has 3 N–H and O–H groups in total. The maximum Gasteiger partial charge on any atom is 0.185 e. The van der Waals surface area contributed by atoms with E-state index in [1.165, 1.54) is 19.3 Å². The maximum atomic E-state index is 5.27. The molecule has 2 atom stereocenters. The van der Waals surface area contributed by atoms with Gasteiger partial charge in [0.15, 0.2) is 5.11 Å². The summed E-state index contributed by atoms with van der Waals surface area (Å²) in [6.07, 6.45) is 8.25. The van der Waals surface area contributed by atoms with Gasteiger partial charge in [0.2, 0.25) is 0 Å². The van der Waals surface area contributed by atoms with Crippen molar-refractivity contribution in [2.24, 2.45) is 5.92 Å². The summed E-state index contributed by atoms with van der Waals surface area (Å²) in [6, 6.07) is 9.94. The number of allylic oxidation sites excluding steroid dienone is 1. The van der Waals surface area contributed by atoms with Gasteiger partial charge in [0, 0.05) is 5.69 Å². The molecule has 1 aromatic rings. The minimum atomic E-state index is 0.118. The van der Waals surface area contributed by atoms with Crippen LogP contribution in [0.25, 0.3) is 0 Å². The summed E-state index contributed by atoms with van der Waals surface area (Å²) < 4.78 is 0. The topological polar surface area (TPSA) is 36.1 Å². The molecule has 0 heterocycles. The quantitative estimate of drug-likeness (QED) is 0.443. The molecule has 2 bridgehead atoms. The van der Waals surface area contributed by atoms with Gasteiger partial charge in [0.25, 0.3) is 0 Å². The minimum Gasteiger partial charge on any atom is -0.332 e. The minimum absolute atomic E-state index is 0.118. The fourth-order valence-electron chi connectivity index (χ4n) is 2.77. The molecular weight excluding hydrogens is 242 g/mol. The second kappa shape index (κ2) is 4.71. The number of anilines is 1. The summed E-state index contributed by atoms with van der Waals surface area (Å²) in [5.41, 5.74) is 7.60. The van der Waals surface area contributed by atoms with Gasteiger partial charge in [-0.15, -0.1) is 0 Å². The number of thiocarbonyl (C=S) groups is 1. The van der Waals surface area contributed by atoms with E-state index in [1.807, 2.05) is 30.3 Å². The lowest BCUT2D eigenvalue weighted by molar-refractivity contribution is 0.398. The number of hydrazine groups is 1. The smallest absolute Gasteiger partial charge is 0.185 e. The van der Waals surface area contributed by atoms with Gasteiger partial charge in [-0.25, -0.2) is 5.43 Å². The Labute approximate surface area is 113 Å². The van der Waals surface area contributed by atoms with Crippen LogP contribution in [-0.4, -0.2) is 10.7 Å². The third-order valence-electron chi connectivity index (χ3n) is 3.73. The Hall–Kier alpha value is -1.39. The van der Waals surface area contributed by atoms with Crippen molar-refractivity contribution in [1.29, 1.82) is 0 Å². The van der Waals surface area contributed by atoms with Gasteiger partial charge in [-0.1, -0.05) is 30.4 Å². The molecule has 3 rings (SSSR count). The molecule has 18 heavy (non-hydrogen) atoms. The second-order valence-electron chi connectivity index (χ2n) is 5.09. The molecule has 2 aliphatic carbocycles. The molecular formula is C14H17N3S. The van der Waals surface area contributed by atoms with Crippen LogP contribution in [0.3, 0.4) is 0 Å². The summed E-state index contributed by atoms with van der Waals surface area (Å²) in [5.74, 6) is 0.759. The fraction of sp³-hybridized carbons (Fsp3) is 0.357. The van der Waals surface area contributed by atoms with Crippen molar-refractivity contribution in [3.8, 4) is 0 Å². The van der Waals surface area contributed by atoms with Crippen LogP contribution in [0.5, 0.6) is 0 Å². The number of hydrogen-bond donors (Lipinski definition) is 3. The summed E-state index contributed by atoms with van der Waals surface area (Å²) in [7, 11) is 0. The van der Waals surface area contributed by atoms with Crippen LogP contribution in [0, 0.1) is 5.92 Å². The lowest BCUT2D eigenvalue weighted by atomic mass is 10.0. The first-order chi connectivity index (χ1) is 8.76. The van der Waals surface area contributed by atoms with Crippen molar-refractivity contribution in [3.05, 3.63) is 42.5 Å². The highest BCUT2D eigenvalue weighted by molar-refractivity contribution is 7.80. The van der Waals surface area contributed by atoms with E-state index >= 15 is 0 Å². The van der Waals surface area contributed by atoms with E-state index < -0.39 is 0 Å². The average molecular weight is 259 g/mol. The van der Waals surface area contributed by atoms with Gasteiger partial charge in [0.05, 0.1) is 5.54 Å². The Bertz CT molecular complexity index is 471. The van der Waals surface area contributed by atoms with E-state index in [2.05, 4.69) is 28.3 Å². The summed E-state index contributed by atoms with van der Waals surface area (Å²) >= 11 is 5.27. The third-order valence-corrected chi connectivity index (χ3v) is 3.94. The van der Waals surface area contributed by atoms with E-state index in [0.717, 1.165) is 11.6 Å². The number of nitrogens with one attached hydrogen (secondary N) is 3. The molecule has 0 spiro atoms. The largest absolute Gasteiger partial charge is 0.332 e. The standard InChI is InChI=1S/C14H17N3S/c18-13(15-12-4-2-1-3-5-12)16-17-14-8-6-11(10-14)7-9-14/h1-6,8,11,17H,7,9-10H2,(H2,15,16,18). The van der Waals surface area contributed by atoms with E-state index in [9.17, 15) is 0 Å². The Kier molecular flexibility index (Phi) is 3.06. The number of fused-ring (bicyclic) bond motifs is 2. The van der Waals surface area contributed by atoms with Gasteiger partial charge < -0.3 is 5.32 Å². The highest BCUT2D eigenvalue weighted by Gasteiger charge is 2.40. The van der Waals surface area contributed by atoms with Crippen LogP contribution in [0.2, 0.25) is 0 Å². The van der Waals surface area contributed by atoms with Crippen molar-refractivity contribution < 1.29 is 0 Å². The Morgan fingerprint density at radius 2 is 2.11 bits per heavy atom. The summed E-state index contributed by atoms with van der Waals surface area (Å²) in [6.45, 7) is 0. The van der Waals surface area contributed by atoms with Crippen molar-refractivity contribution in [2.75, 3.05) is 5.32 Å². The normalized spacial score (nSPS) is 28.3. The molecule has 0 radical (unpaired) electrons. The first-order valence-electron chi connectivity index (χ1n) is 6.34. The molecule has 4 heteroatoms. The molecule has 1 aromatic carbocycles. The van der Waals surface area contributed by atoms with E-state index in [1.54, 1.807) is 0 Å². The summed E-state index contributed by atoms with van der Waals surface area (Å²) in [4.78, 5) is 0. The van der Waals surface area contributed by atoms with Crippen LogP contribution in [-0.2, 0) is 0 Å². The van der Waals surface area contributed by atoms with Crippen LogP contribution in [0.4, 0.5) is 5.69 Å². The van der Waals surface area contributed by atoms with E-state index in [4.69, 9.17) is 12.2 Å². The van der Waals surface area contributed by atoms with Crippen molar-refractivity contribution in [3.63, 3.8) is 0 Å². The average Bonchev–Trinajstić information content (AvgIpc) is 2.99. The first-order valence-corrected chi connectivity index (χ1v) is 6.75. The zero-order chi connectivity index (χ0) is 12.4. The van der Waals surface area contributed by atoms with Crippen molar-refractivity contribution >= 4 is 23.0 Å². The zero-order valence-corrected chi connectivity index (χ0v) is 11.0. The summed E-state index contributed by atoms with van der Waals surface area (Å²) in [5, 5.41) is 3.77. The molecule has 3 nitrogen and oxygen atoms in total. The van der Waals surface area contributed by atoms with Gasteiger partial charge in [0.1, 0.15) is 0 Å². The molecule has 0 saturated heterocycles. The lowest BCUT2D eigenvalue weighted by Gasteiger charge is -2.26. The molecule has 94 valence electrons. The van der Waals surface area contributed by atoms with Crippen LogP contribution in [0.15, 0.2) is 42.5 Å². The number of para-hydroxylation sites is 1. The van der Waals surface area contributed by atoms with Crippen LogP contribution in [0.1, 0.15) is 19.3 Å². The molecule has 2 aliphatic rings.